The van der Waals surface area contributed by atoms with Crippen LogP contribution in [0.3, 0.4) is 0 Å². The molecule has 4 aromatic rings. The molecule has 9 heteroatoms. The number of hydrogen-bond donors (Lipinski definition) is 0. The lowest BCUT2D eigenvalue weighted by Gasteiger charge is -2.00. The molecule has 0 atom stereocenters. The highest BCUT2D eigenvalue weighted by Crippen LogP contribution is 2.24. The van der Waals surface area contributed by atoms with Crippen LogP contribution in [0.1, 0.15) is 16.1 Å². The van der Waals surface area contributed by atoms with Gasteiger partial charge in [-0.25, -0.2) is 19.0 Å². The Morgan fingerprint density at radius 3 is 2.52 bits per heavy atom. The van der Waals surface area contributed by atoms with Gasteiger partial charge in [-0.2, -0.15) is 4.68 Å². The van der Waals surface area contributed by atoms with Crippen molar-refractivity contribution in [1.29, 1.82) is 0 Å². The van der Waals surface area contributed by atoms with Crippen molar-refractivity contribution in [3.8, 4) is 22.0 Å². The summed E-state index contributed by atoms with van der Waals surface area (Å²) in [6, 6.07) is 12.4. The van der Waals surface area contributed by atoms with E-state index in [9.17, 15) is 14.0 Å². The first-order chi connectivity index (χ1) is 14.0. The summed E-state index contributed by atoms with van der Waals surface area (Å²) in [4.78, 5) is 28.1. The van der Waals surface area contributed by atoms with Gasteiger partial charge in [-0.15, -0.1) is 16.4 Å². The van der Waals surface area contributed by atoms with Crippen molar-refractivity contribution in [2.24, 2.45) is 0 Å². The molecule has 0 amide bonds. The largest absolute Gasteiger partial charge is 0.465 e. The van der Waals surface area contributed by atoms with Gasteiger partial charge >= 0.3 is 11.7 Å². The zero-order chi connectivity index (χ0) is 20.4. The van der Waals surface area contributed by atoms with Gasteiger partial charge in [0.15, 0.2) is 0 Å². The molecule has 0 aliphatic heterocycles. The van der Waals surface area contributed by atoms with E-state index in [1.54, 1.807) is 24.3 Å². The number of aromatic nitrogens is 3. The van der Waals surface area contributed by atoms with Gasteiger partial charge in [0, 0.05) is 16.5 Å². The van der Waals surface area contributed by atoms with Crippen LogP contribution in [0, 0.1) is 5.82 Å². The van der Waals surface area contributed by atoms with E-state index in [1.807, 2.05) is 5.38 Å². The lowest BCUT2D eigenvalue weighted by molar-refractivity contribution is 0.0600. The van der Waals surface area contributed by atoms with Crippen molar-refractivity contribution >= 4 is 17.3 Å². The van der Waals surface area contributed by atoms with Crippen molar-refractivity contribution < 1.29 is 18.3 Å². The molecule has 7 nitrogen and oxygen atoms in total. The average molecular weight is 411 g/mol. The molecule has 0 aliphatic carbocycles. The van der Waals surface area contributed by atoms with Crippen LogP contribution in [0.4, 0.5) is 4.39 Å². The Morgan fingerprint density at radius 2 is 1.83 bits per heavy atom. The van der Waals surface area contributed by atoms with Crippen LogP contribution in [-0.4, -0.2) is 27.8 Å². The highest BCUT2D eigenvalue weighted by atomic mass is 32.1. The topological polar surface area (TPSA) is 87.2 Å². The van der Waals surface area contributed by atoms with Crippen LogP contribution < -0.4 is 5.76 Å². The standard InChI is InChI=1S/C20H14FN3O4S/c1-27-19(25)14-4-2-13(3-5-14)18-22-16(11-29-18)10-24-20(26)28-17(23-24)12-6-8-15(21)9-7-12/h2-9,11H,10H2,1H3. The number of methoxy groups -OCH3 is 1. The van der Waals surface area contributed by atoms with Crippen LogP contribution in [0.15, 0.2) is 63.1 Å². The summed E-state index contributed by atoms with van der Waals surface area (Å²) < 4.78 is 24.1. The maximum absolute atomic E-state index is 13.0. The third-order valence-corrected chi connectivity index (χ3v) is 5.05. The van der Waals surface area contributed by atoms with E-state index in [0.717, 1.165) is 15.3 Å². The Balaban J connectivity index is 1.53. The maximum Gasteiger partial charge on any atom is 0.437 e. The fraction of sp³-hybridized carbons (Fsp3) is 0.100. The number of ether oxygens (including phenoxy) is 1. The number of rotatable bonds is 5. The molecule has 2 heterocycles. The Bertz CT molecular complexity index is 1210. The second-order valence-electron chi connectivity index (χ2n) is 6.05. The first-order valence-electron chi connectivity index (χ1n) is 8.50. The summed E-state index contributed by atoms with van der Waals surface area (Å²) in [6.07, 6.45) is 0. The summed E-state index contributed by atoms with van der Waals surface area (Å²) >= 11 is 1.41. The number of carbonyl (C=O) groups excluding carboxylic acids is 1. The van der Waals surface area contributed by atoms with Gasteiger partial charge in [0.05, 0.1) is 24.9 Å². The lowest BCUT2D eigenvalue weighted by atomic mass is 10.1. The monoisotopic (exact) mass is 411 g/mol. The Kier molecular flexibility index (Phi) is 5.05. The fourth-order valence-corrected chi connectivity index (χ4v) is 3.46. The van der Waals surface area contributed by atoms with Crippen molar-refractivity contribution in [3.63, 3.8) is 0 Å². The third-order valence-electron chi connectivity index (χ3n) is 4.11. The minimum Gasteiger partial charge on any atom is -0.465 e. The predicted octanol–water partition coefficient (Wildman–Crippen LogP) is 3.60. The normalized spacial score (nSPS) is 10.8. The summed E-state index contributed by atoms with van der Waals surface area (Å²) in [5.41, 5.74) is 2.44. The van der Waals surface area contributed by atoms with E-state index in [2.05, 4.69) is 14.8 Å². The van der Waals surface area contributed by atoms with E-state index in [-0.39, 0.29) is 18.3 Å². The number of carbonyl (C=O) groups is 1. The smallest absolute Gasteiger partial charge is 0.437 e. The molecular formula is C20H14FN3O4S. The van der Waals surface area contributed by atoms with Gasteiger partial charge in [-0.3, -0.25) is 0 Å². The van der Waals surface area contributed by atoms with Gasteiger partial charge in [-0.05, 0) is 36.4 Å². The molecule has 0 unspecified atom stereocenters. The van der Waals surface area contributed by atoms with Crippen molar-refractivity contribution in [2.75, 3.05) is 7.11 Å². The SMILES string of the molecule is COC(=O)c1ccc(-c2nc(Cn3nc(-c4ccc(F)cc4)oc3=O)cs2)cc1. The molecule has 4 rings (SSSR count). The number of nitrogens with zero attached hydrogens (tertiary/aromatic N) is 3. The zero-order valence-corrected chi connectivity index (χ0v) is 16.0. The van der Waals surface area contributed by atoms with Gasteiger partial charge < -0.3 is 9.15 Å². The minimum atomic E-state index is -0.624. The summed E-state index contributed by atoms with van der Waals surface area (Å²) in [5.74, 6) is -1.30. The molecule has 0 N–H and O–H groups in total. The van der Waals surface area contributed by atoms with Crippen LogP contribution in [-0.2, 0) is 11.3 Å². The van der Waals surface area contributed by atoms with E-state index in [4.69, 9.17) is 4.42 Å². The van der Waals surface area contributed by atoms with Crippen molar-refractivity contribution in [3.05, 3.63) is 81.5 Å². The molecule has 0 aliphatic rings. The van der Waals surface area contributed by atoms with Crippen LogP contribution in [0.25, 0.3) is 22.0 Å². The molecule has 29 heavy (non-hydrogen) atoms. The van der Waals surface area contributed by atoms with Crippen molar-refractivity contribution in [2.45, 2.75) is 6.54 Å². The number of halogens is 1. The van der Waals surface area contributed by atoms with E-state index >= 15 is 0 Å². The number of thiazole rings is 1. The second-order valence-corrected chi connectivity index (χ2v) is 6.91. The summed E-state index contributed by atoms with van der Waals surface area (Å²) in [7, 11) is 1.33. The molecule has 2 aromatic heterocycles. The lowest BCUT2D eigenvalue weighted by Crippen LogP contribution is -2.16. The maximum atomic E-state index is 13.0. The molecule has 0 fully saturated rings. The van der Waals surface area contributed by atoms with Crippen LogP contribution >= 0.6 is 11.3 Å². The quantitative estimate of drug-likeness (QED) is 0.467. The first-order valence-corrected chi connectivity index (χ1v) is 9.38. The predicted molar refractivity (Wildman–Crippen MR) is 104 cm³/mol. The molecule has 0 spiro atoms. The Morgan fingerprint density at radius 1 is 1.14 bits per heavy atom. The highest BCUT2D eigenvalue weighted by Gasteiger charge is 2.13. The molecule has 0 bridgehead atoms. The van der Waals surface area contributed by atoms with Gasteiger partial charge in [0.2, 0.25) is 5.89 Å². The Labute approximate surface area is 168 Å². The zero-order valence-electron chi connectivity index (χ0n) is 15.2. The van der Waals surface area contributed by atoms with E-state index in [1.165, 1.54) is 42.7 Å². The van der Waals surface area contributed by atoms with Gasteiger partial charge in [0.1, 0.15) is 10.8 Å². The molecule has 2 aromatic carbocycles. The molecule has 0 saturated carbocycles. The van der Waals surface area contributed by atoms with Crippen molar-refractivity contribution in [1.82, 2.24) is 14.8 Å². The number of hydrogen-bond acceptors (Lipinski definition) is 7. The second kappa shape index (κ2) is 7.80. The number of benzene rings is 2. The van der Waals surface area contributed by atoms with Crippen LogP contribution in [0.5, 0.6) is 0 Å². The van der Waals surface area contributed by atoms with Gasteiger partial charge in [0.25, 0.3) is 0 Å². The third kappa shape index (κ3) is 3.99. The van der Waals surface area contributed by atoms with Crippen LogP contribution in [0.2, 0.25) is 0 Å². The summed E-state index contributed by atoms with van der Waals surface area (Å²) in [6.45, 7) is 0.139. The molecule has 0 radical (unpaired) electrons. The molecule has 0 saturated heterocycles. The Hall–Kier alpha value is -3.59. The highest BCUT2D eigenvalue weighted by molar-refractivity contribution is 7.13. The van der Waals surface area contributed by atoms with Gasteiger partial charge in [-0.1, -0.05) is 12.1 Å². The molecule has 146 valence electrons. The molecular weight excluding hydrogens is 397 g/mol. The van der Waals surface area contributed by atoms with E-state index in [0.29, 0.717) is 16.8 Å². The average Bonchev–Trinajstić information content (AvgIpc) is 3.35. The number of esters is 1. The fourth-order valence-electron chi connectivity index (χ4n) is 2.65. The summed E-state index contributed by atoms with van der Waals surface area (Å²) in [5, 5.41) is 6.72. The minimum absolute atomic E-state index is 0.115. The van der Waals surface area contributed by atoms with E-state index < -0.39 is 11.7 Å². The first kappa shape index (κ1) is 18.8.